The third kappa shape index (κ3) is 14.2. The maximum absolute atomic E-state index is 11.8. The molecule has 0 rings (SSSR count). The molecule has 140 valence electrons. The molecule has 23 heavy (non-hydrogen) atoms. The molecule has 2 unspecified atom stereocenters. The van der Waals surface area contributed by atoms with Crippen molar-refractivity contribution in [3.8, 4) is 0 Å². The Kier molecular flexibility index (Phi) is 20.1. The van der Waals surface area contributed by atoms with Gasteiger partial charge >= 0.3 is 5.97 Å². The van der Waals surface area contributed by atoms with E-state index in [2.05, 4.69) is 6.92 Å². The minimum Gasteiger partial charge on any atom is -0.465 e. The maximum Gasteiger partial charge on any atom is 0.308 e. The molecule has 0 saturated carbocycles. The summed E-state index contributed by atoms with van der Waals surface area (Å²) in [6.45, 7) is 6.41. The molecule has 2 atom stereocenters. The van der Waals surface area contributed by atoms with Crippen molar-refractivity contribution in [3.05, 3.63) is 0 Å². The number of carbonyl (C=O) groups excluding carboxylic acids is 2. The zero-order valence-electron chi connectivity index (χ0n) is 14.7. The Hall–Kier alpha value is -1.10. The SMILES string of the molecule is C.CCCCCCCCCOC(=O)C(C)CC(CC)C(N)=O.N. The van der Waals surface area contributed by atoms with Crippen molar-refractivity contribution < 1.29 is 14.3 Å². The van der Waals surface area contributed by atoms with Crippen LogP contribution in [0.3, 0.4) is 0 Å². The van der Waals surface area contributed by atoms with Crippen LogP contribution in [0.4, 0.5) is 0 Å². The van der Waals surface area contributed by atoms with Gasteiger partial charge in [-0.15, -0.1) is 0 Å². The highest BCUT2D eigenvalue weighted by Gasteiger charge is 2.22. The fourth-order valence-electron chi connectivity index (χ4n) is 2.38. The van der Waals surface area contributed by atoms with Crippen LogP contribution in [0.15, 0.2) is 0 Å². The molecule has 0 aliphatic heterocycles. The standard InChI is InChI=1S/C17H33NO3.CH4.H3N/c1-4-6-7-8-9-10-11-12-21-17(20)14(3)13-15(5-2)16(18)19;;/h14-15H,4-13H2,1-3H3,(H2,18,19);1H4;1H3. The predicted octanol–water partition coefficient (Wildman–Crippen LogP) is 4.62. The van der Waals surface area contributed by atoms with Gasteiger partial charge in [-0.1, -0.05) is 66.7 Å². The summed E-state index contributed by atoms with van der Waals surface area (Å²) in [5.74, 6) is -1.02. The molecule has 5 heteroatoms. The number of hydrogen-bond donors (Lipinski definition) is 2. The Morgan fingerprint density at radius 2 is 1.52 bits per heavy atom. The minimum atomic E-state index is -0.329. The minimum absolute atomic E-state index is 0. The number of unbranched alkanes of at least 4 members (excludes halogenated alkanes) is 6. The fraction of sp³-hybridized carbons (Fsp3) is 0.889. The van der Waals surface area contributed by atoms with Crippen LogP contribution in [-0.4, -0.2) is 18.5 Å². The molecule has 0 spiro atoms. The van der Waals surface area contributed by atoms with Crippen LogP contribution in [0.2, 0.25) is 0 Å². The van der Waals surface area contributed by atoms with Gasteiger partial charge in [-0.25, -0.2) is 0 Å². The summed E-state index contributed by atoms with van der Waals surface area (Å²) < 4.78 is 5.27. The Bertz CT molecular complexity index is 296. The third-order valence-corrected chi connectivity index (χ3v) is 3.93. The molecule has 0 aromatic heterocycles. The van der Waals surface area contributed by atoms with Crippen LogP contribution >= 0.6 is 0 Å². The van der Waals surface area contributed by atoms with Gasteiger partial charge in [0, 0.05) is 5.92 Å². The van der Waals surface area contributed by atoms with Gasteiger partial charge < -0.3 is 16.6 Å². The summed E-state index contributed by atoms with van der Waals surface area (Å²) in [6, 6.07) is 0. The van der Waals surface area contributed by atoms with Crippen LogP contribution in [0.25, 0.3) is 0 Å². The van der Waals surface area contributed by atoms with E-state index in [9.17, 15) is 9.59 Å². The second kappa shape index (κ2) is 17.3. The number of hydrogen-bond acceptors (Lipinski definition) is 4. The van der Waals surface area contributed by atoms with Crippen molar-refractivity contribution in [2.24, 2.45) is 17.6 Å². The number of amides is 1. The maximum atomic E-state index is 11.8. The monoisotopic (exact) mass is 332 g/mol. The number of esters is 1. The van der Waals surface area contributed by atoms with Crippen molar-refractivity contribution in [1.29, 1.82) is 0 Å². The van der Waals surface area contributed by atoms with Gasteiger partial charge in [0.05, 0.1) is 12.5 Å². The van der Waals surface area contributed by atoms with E-state index < -0.39 is 0 Å². The average Bonchev–Trinajstić information content (AvgIpc) is 2.46. The highest BCUT2D eigenvalue weighted by Crippen LogP contribution is 2.16. The molecular formula is C18H40N2O3. The Morgan fingerprint density at radius 1 is 1.00 bits per heavy atom. The second-order valence-electron chi connectivity index (χ2n) is 5.93. The molecule has 5 nitrogen and oxygen atoms in total. The molecule has 0 aliphatic carbocycles. The zero-order chi connectivity index (χ0) is 16.1. The van der Waals surface area contributed by atoms with Crippen LogP contribution in [0.1, 0.15) is 86.0 Å². The average molecular weight is 333 g/mol. The van der Waals surface area contributed by atoms with Crippen molar-refractivity contribution in [2.45, 2.75) is 86.0 Å². The van der Waals surface area contributed by atoms with Crippen LogP contribution in [0.5, 0.6) is 0 Å². The first kappa shape index (κ1) is 26.8. The molecule has 0 fully saturated rings. The van der Waals surface area contributed by atoms with Crippen molar-refractivity contribution in [3.63, 3.8) is 0 Å². The van der Waals surface area contributed by atoms with Gasteiger partial charge in [0.15, 0.2) is 0 Å². The Morgan fingerprint density at radius 3 is 2.00 bits per heavy atom. The lowest BCUT2D eigenvalue weighted by Gasteiger charge is -2.16. The lowest BCUT2D eigenvalue weighted by molar-refractivity contribution is -0.148. The number of primary amides is 1. The molecule has 0 aromatic rings. The summed E-state index contributed by atoms with van der Waals surface area (Å²) >= 11 is 0. The van der Waals surface area contributed by atoms with E-state index in [1.165, 1.54) is 32.1 Å². The zero-order valence-corrected chi connectivity index (χ0v) is 14.7. The van der Waals surface area contributed by atoms with E-state index in [0.29, 0.717) is 19.4 Å². The lowest BCUT2D eigenvalue weighted by atomic mass is 9.93. The molecule has 0 radical (unpaired) electrons. The molecule has 0 bridgehead atoms. The first-order chi connectivity index (χ1) is 10.0. The summed E-state index contributed by atoms with van der Waals surface area (Å²) in [6.07, 6.45) is 9.57. The van der Waals surface area contributed by atoms with Crippen molar-refractivity contribution in [2.75, 3.05) is 6.61 Å². The molecule has 0 aliphatic rings. The van der Waals surface area contributed by atoms with Gasteiger partial charge in [0.2, 0.25) is 5.91 Å². The van der Waals surface area contributed by atoms with Gasteiger partial charge in [0.1, 0.15) is 0 Å². The van der Waals surface area contributed by atoms with Gasteiger partial charge in [-0.3, -0.25) is 9.59 Å². The highest BCUT2D eigenvalue weighted by molar-refractivity contribution is 5.78. The van der Waals surface area contributed by atoms with Gasteiger partial charge in [-0.2, -0.15) is 0 Å². The first-order valence-electron chi connectivity index (χ1n) is 8.48. The number of carbonyl (C=O) groups is 2. The van der Waals surface area contributed by atoms with E-state index in [-0.39, 0.29) is 37.3 Å². The van der Waals surface area contributed by atoms with E-state index in [4.69, 9.17) is 10.5 Å². The van der Waals surface area contributed by atoms with E-state index in [0.717, 1.165) is 12.8 Å². The molecule has 0 saturated heterocycles. The summed E-state index contributed by atoms with van der Waals surface area (Å²) in [7, 11) is 0. The topological polar surface area (TPSA) is 104 Å². The number of nitrogens with two attached hydrogens (primary N) is 1. The quantitative estimate of drug-likeness (QED) is 0.379. The Labute approximate surface area is 143 Å². The summed E-state index contributed by atoms with van der Waals surface area (Å²) in [5.41, 5.74) is 5.29. The van der Waals surface area contributed by atoms with Crippen molar-refractivity contribution >= 4 is 11.9 Å². The number of ether oxygens (including phenoxy) is 1. The molecule has 0 heterocycles. The largest absolute Gasteiger partial charge is 0.465 e. The number of rotatable bonds is 13. The second-order valence-corrected chi connectivity index (χ2v) is 5.93. The summed E-state index contributed by atoms with van der Waals surface area (Å²) in [5, 5.41) is 0. The van der Waals surface area contributed by atoms with Gasteiger partial charge in [0.25, 0.3) is 0 Å². The summed E-state index contributed by atoms with van der Waals surface area (Å²) in [4.78, 5) is 23.0. The smallest absolute Gasteiger partial charge is 0.308 e. The van der Waals surface area contributed by atoms with Crippen LogP contribution < -0.4 is 11.9 Å². The van der Waals surface area contributed by atoms with Crippen molar-refractivity contribution in [1.82, 2.24) is 6.15 Å². The van der Waals surface area contributed by atoms with E-state index in [1.54, 1.807) is 6.92 Å². The first-order valence-corrected chi connectivity index (χ1v) is 8.48. The van der Waals surface area contributed by atoms with Crippen LogP contribution in [-0.2, 0) is 14.3 Å². The lowest BCUT2D eigenvalue weighted by Crippen LogP contribution is -2.27. The van der Waals surface area contributed by atoms with Gasteiger partial charge in [-0.05, 0) is 19.3 Å². The molecule has 0 aromatic carbocycles. The fourth-order valence-corrected chi connectivity index (χ4v) is 2.38. The normalized spacial score (nSPS) is 12.5. The Balaban J connectivity index is -0.00000200. The third-order valence-electron chi connectivity index (χ3n) is 3.93. The molecular weight excluding hydrogens is 292 g/mol. The molecule has 1 amide bonds. The van der Waals surface area contributed by atoms with E-state index in [1.807, 2.05) is 6.92 Å². The highest BCUT2D eigenvalue weighted by atomic mass is 16.5. The van der Waals surface area contributed by atoms with Crippen LogP contribution in [0, 0.1) is 11.8 Å². The van der Waals surface area contributed by atoms with E-state index >= 15 is 0 Å². The predicted molar refractivity (Wildman–Crippen MR) is 97.5 cm³/mol. The molecule has 5 N–H and O–H groups in total.